The largest absolute Gasteiger partial charge is 0.495 e. The number of ether oxygens (including phenoxy) is 2. The van der Waals surface area contributed by atoms with E-state index in [1.807, 2.05) is 10.8 Å². The average Bonchev–Trinajstić information content (AvgIpc) is 2.53. The fourth-order valence-electron chi connectivity index (χ4n) is 1.76. The van der Waals surface area contributed by atoms with Crippen LogP contribution in [-0.4, -0.2) is 21.6 Å². The molecule has 0 saturated carbocycles. The summed E-state index contributed by atoms with van der Waals surface area (Å²) in [6, 6.07) is 14.9. The topological polar surface area (TPSA) is 81.7 Å². The van der Waals surface area contributed by atoms with Crippen molar-refractivity contribution in [1.29, 1.82) is 0 Å². The number of rotatable bonds is 5. The van der Waals surface area contributed by atoms with Crippen LogP contribution in [-0.2, 0) is 21.4 Å². The third-order valence-electron chi connectivity index (χ3n) is 2.79. The second kappa shape index (κ2) is 6.95. The zero-order valence-electron chi connectivity index (χ0n) is 11.9. The quantitative estimate of drug-likeness (QED) is 0.914. The maximum atomic E-state index is 12.1. The predicted octanol–water partition coefficient (Wildman–Crippen LogP) is 2.31. The number of sulfonamides is 1. The molecular formula is C15H15NO5S. The van der Waals surface area contributed by atoms with Crippen LogP contribution in [0.2, 0.25) is 0 Å². The van der Waals surface area contributed by atoms with Gasteiger partial charge in [0.05, 0.1) is 7.11 Å². The summed E-state index contributed by atoms with van der Waals surface area (Å²) in [7, 11) is -2.71. The van der Waals surface area contributed by atoms with E-state index in [0.717, 1.165) is 5.56 Å². The van der Waals surface area contributed by atoms with E-state index in [-0.39, 0.29) is 17.3 Å². The van der Waals surface area contributed by atoms with E-state index in [2.05, 4.69) is 0 Å². The molecule has 2 aromatic carbocycles. The molecule has 0 spiro atoms. The maximum absolute atomic E-state index is 12.1. The van der Waals surface area contributed by atoms with Crippen LogP contribution in [0.15, 0.2) is 59.5 Å². The van der Waals surface area contributed by atoms with Crippen LogP contribution in [0.25, 0.3) is 0 Å². The highest BCUT2D eigenvalue weighted by Gasteiger charge is 2.22. The Balaban J connectivity index is 2.04. The molecule has 2 aromatic rings. The molecule has 7 heteroatoms. The van der Waals surface area contributed by atoms with E-state index in [9.17, 15) is 13.2 Å². The minimum absolute atomic E-state index is 0.0197. The van der Waals surface area contributed by atoms with Crippen LogP contribution in [0.5, 0.6) is 5.75 Å². The standard InChI is InChI=1S/C15H15NO5S/c1-20-13-9-5-6-10-14(13)22(18,19)16-15(17)21-11-12-7-3-2-4-8-12/h2-10H,11H2,1H3,(H,16,17). The predicted molar refractivity (Wildman–Crippen MR) is 79.9 cm³/mol. The Morgan fingerprint density at radius 2 is 1.68 bits per heavy atom. The molecule has 0 aliphatic carbocycles. The van der Waals surface area contributed by atoms with Gasteiger partial charge < -0.3 is 9.47 Å². The number of amides is 1. The molecule has 0 fully saturated rings. The third kappa shape index (κ3) is 3.98. The van der Waals surface area contributed by atoms with Crippen LogP contribution in [0, 0.1) is 0 Å². The summed E-state index contributed by atoms with van der Waals surface area (Å²) in [5.74, 6) is 0.144. The Morgan fingerprint density at radius 1 is 1.05 bits per heavy atom. The minimum Gasteiger partial charge on any atom is -0.495 e. The SMILES string of the molecule is COc1ccccc1S(=O)(=O)NC(=O)OCc1ccccc1. The number of para-hydroxylation sites is 1. The van der Waals surface area contributed by atoms with E-state index >= 15 is 0 Å². The number of carbonyl (C=O) groups excluding carboxylic acids is 1. The minimum atomic E-state index is -4.06. The molecule has 1 amide bonds. The van der Waals surface area contributed by atoms with Crippen LogP contribution < -0.4 is 9.46 Å². The van der Waals surface area contributed by atoms with Gasteiger partial charge in [0, 0.05) is 0 Å². The van der Waals surface area contributed by atoms with E-state index in [0.29, 0.717) is 0 Å². The number of carbonyl (C=O) groups is 1. The summed E-state index contributed by atoms with van der Waals surface area (Å²) in [6.45, 7) is -0.0197. The van der Waals surface area contributed by atoms with Gasteiger partial charge in [-0.3, -0.25) is 0 Å². The van der Waals surface area contributed by atoms with Gasteiger partial charge in [-0.1, -0.05) is 42.5 Å². The Bertz CT molecular complexity index is 744. The Hall–Kier alpha value is -2.54. The molecule has 22 heavy (non-hydrogen) atoms. The fraction of sp³-hybridized carbons (Fsp3) is 0.133. The monoisotopic (exact) mass is 321 g/mol. The molecule has 0 heterocycles. The summed E-state index contributed by atoms with van der Waals surface area (Å²) < 4.78 is 36.0. The van der Waals surface area contributed by atoms with Crippen LogP contribution >= 0.6 is 0 Å². The van der Waals surface area contributed by atoms with Crippen molar-refractivity contribution < 1.29 is 22.7 Å². The molecule has 0 unspecified atom stereocenters. The summed E-state index contributed by atoms with van der Waals surface area (Å²) in [5, 5.41) is 0. The Morgan fingerprint density at radius 3 is 2.36 bits per heavy atom. The molecule has 0 radical (unpaired) electrons. The van der Waals surface area contributed by atoms with Crippen molar-refractivity contribution in [1.82, 2.24) is 4.72 Å². The van der Waals surface area contributed by atoms with Gasteiger partial charge in [-0.2, -0.15) is 0 Å². The zero-order valence-corrected chi connectivity index (χ0v) is 12.7. The first kappa shape index (κ1) is 15.8. The molecule has 0 bridgehead atoms. The highest BCUT2D eigenvalue weighted by Crippen LogP contribution is 2.22. The van der Waals surface area contributed by atoms with Gasteiger partial charge in [0.2, 0.25) is 0 Å². The van der Waals surface area contributed by atoms with Crippen LogP contribution in [0.1, 0.15) is 5.56 Å². The summed E-state index contributed by atoms with van der Waals surface area (Å²) >= 11 is 0. The van der Waals surface area contributed by atoms with Gasteiger partial charge in [0.15, 0.2) is 0 Å². The number of nitrogens with one attached hydrogen (secondary N) is 1. The smallest absolute Gasteiger partial charge is 0.421 e. The van der Waals surface area contributed by atoms with Gasteiger partial charge in [-0.25, -0.2) is 17.9 Å². The molecule has 0 aromatic heterocycles. The van der Waals surface area contributed by atoms with Gasteiger partial charge in [-0.05, 0) is 17.7 Å². The first-order valence-electron chi connectivity index (χ1n) is 6.39. The lowest BCUT2D eigenvalue weighted by molar-refractivity contribution is 0.146. The molecule has 0 aliphatic heterocycles. The average molecular weight is 321 g/mol. The van der Waals surface area contributed by atoms with Gasteiger partial charge in [0.25, 0.3) is 10.0 Å². The molecule has 0 aliphatic rings. The lowest BCUT2D eigenvalue weighted by Gasteiger charge is -2.10. The Labute approximate surface area is 128 Å². The van der Waals surface area contributed by atoms with E-state index in [1.54, 1.807) is 30.3 Å². The normalized spacial score (nSPS) is 10.8. The number of hydrogen-bond donors (Lipinski definition) is 1. The number of benzene rings is 2. The molecule has 0 atom stereocenters. The number of hydrogen-bond acceptors (Lipinski definition) is 5. The highest BCUT2D eigenvalue weighted by molar-refractivity contribution is 7.90. The van der Waals surface area contributed by atoms with Crippen molar-refractivity contribution in [3.63, 3.8) is 0 Å². The van der Waals surface area contributed by atoms with Crippen molar-refractivity contribution in [2.45, 2.75) is 11.5 Å². The number of methoxy groups -OCH3 is 1. The Kier molecular flexibility index (Phi) is 5.00. The van der Waals surface area contributed by atoms with Gasteiger partial charge in [-0.15, -0.1) is 0 Å². The zero-order chi connectivity index (χ0) is 16.0. The molecule has 116 valence electrons. The molecule has 1 N–H and O–H groups in total. The van der Waals surface area contributed by atoms with Crippen molar-refractivity contribution in [2.75, 3.05) is 7.11 Å². The van der Waals surface area contributed by atoms with Crippen molar-refractivity contribution in [2.24, 2.45) is 0 Å². The molecular weight excluding hydrogens is 306 g/mol. The van der Waals surface area contributed by atoms with Crippen molar-refractivity contribution in [3.05, 3.63) is 60.2 Å². The van der Waals surface area contributed by atoms with Crippen LogP contribution in [0.4, 0.5) is 4.79 Å². The maximum Gasteiger partial charge on any atom is 0.421 e. The van der Waals surface area contributed by atoms with E-state index < -0.39 is 16.1 Å². The fourth-order valence-corrected chi connectivity index (χ4v) is 2.82. The van der Waals surface area contributed by atoms with Crippen LogP contribution in [0.3, 0.4) is 0 Å². The summed E-state index contributed by atoms with van der Waals surface area (Å²) in [4.78, 5) is 11.5. The summed E-state index contributed by atoms with van der Waals surface area (Å²) in [5.41, 5.74) is 0.757. The van der Waals surface area contributed by atoms with Gasteiger partial charge >= 0.3 is 6.09 Å². The van der Waals surface area contributed by atoms with Gasteiger partial charge in [0.1, 0.15) is 17.3 Å². The van der Waals surface area contributed by atoms with E-state index in [1.165, 1.54) is 25.3 Å². The second-order valence-corrected chi connectivity index (χ2v) is 5.97. The molecule has 6 nitrogen and oxygen atoms in total. The van der Waals surface area contributed by atoms with Crippen molar-refractivity contribution >= 4 is 16.1 Å². The third-order valence-corrected chi connectivity index (χ3v) is 4.14. The second-order valence-electron chi connectivity index (χ2n) is 4.32. The summed E-state index contributed by atoms with van der Waals surface area (Å²) in [6.07, 6.45) is -1.05. The molecule has 2 rings (SSSR count). The lowest BCUT2D eigenvalue weighted by atomic mass is 10.2. The first-order valence-corrected chi connectivity index (χ1v) is 7.88. The van der Waals surface area contributed by atoms with E-state index in [4.69, 9.17) is 9.47 Å². The van der Waals surface area contributed by atoms with Crippen molar-refractivity contribution in [3.8, 4) is 5.75 Å². The first-order chi connectivity index (χ1) is 10.5. The molecule has 0 saturated heterocycles. The lowest BCUT2D eigenvalue weighted by Crippen LogP contribution is -2.31. The highest BCUT2D eigenvalue weighted by atomic mass is 32.2.